The highest BCUT2D eigenvalue weighted by atomic mass is 32.2. The highest BCUT2D eigenvalue weighted by Crippen LogP contribution is 2.25. The molecule has 8 heteroatoms. The molecular formula is C13H15FN2O4S. The number of sulfonamides is 1. The van der Waals surface area contributed by atoms with Gasteiger partial charge in [0.2, 0.25) is 0 Å². The molecule has 0 saturated carbocycles. The van der Waals surface area contributed by atoms with Crippen LogP contribution < -0.4 is 9.46 Å². The molecule has 0 bridgehead atoms. The number of nitrogens with one attached hydrogen (secondary N) is 1. The molecular weight excluding hydrogens is 299 g/mol. The Bertz CT molecular complexity index is 736. The zero-order valence-corrected chi connectivity index (χ0v) is 12.6. The molecule has 0 aliphatic carbocycles. The van der Waals surface area contributed by atoms with Gasteiger partial charge >= 0.3 is 0 Å². The molecule has 0 aliphatic rings. The van der Waals surface area contributed by atoms with Crippen LogP contribution in [0.25, 0.3) is 0 Å². The zero-order valence-electron chi connectivity index (χ0n) is 11.8. The lowest BCUT2D eigenvalue weighted by Crippen LogP contribution is -2.14. The van der Waals surface area contributed by atoms with Crippen molar-refractivity contribution in [2.24, 2.45) is 0 Å². The van der Waals surface area contributed by atoms with Crippen molar-refractivity contribution in [3.8, 4) is 5.75 Å². The predicted molar refractivity (Wildman–Crippen MR) is 74.4 cm³/mol. The van der Waals surface area contributed by atoms with E-state index in [-0.39, 0.29) is 27.8 Å². The second-order valence-electron chi connectivity index (χ2n) is 4.34. The Balaban J connectivity index is 2.31. The number of aryl methyl sites for hydroxylation is 2. The molecule has 21 heavy (non-hydrogen) atoms. The van der Waals surface area contributed by atoms with Crippen molar-refractivity contribution < 1.29 is 22.1 Å². The van der Waals surface area contributed by atoms with Gasteiger partial charge in [0.25, 0.3) is 10.0 Å². The number of hydrogen-bond donors (Lipinski definition) is 1. The molecule has 0 aliphatic heterocycles. The average molecular weight is 314 g/mol. The summed E-state index contributed by atoms with van der Waals surface area (Å²) < 4.78 is 50.4. The van der Waals surface area contributed by atoms with Crippen LogP contribution in [0.3, 0.4) is 0 Å². The van der Waals surface area contributed by atoms with Crippen molar-refractivity contribution in [1.29, 1.82) is 0 Å². The van der Waals surface area contributed by atoms with Crippen molar-refractivity contribution in [1.82, 2.24) is 5.16 Å². The van der Waals surface area contributed by atoms with E-state index in [1.54, 1.807) is 6.92 Å². The molecule has 114 valence electrons. The molecule has 1 aromatic carbocycles. The Labute approximate surface area is 122 Å². The minimum absolute atomic E-state index is 0.0446. The maximum Gasteiger partial charge on any atom is 0.267 e. The standard InChI is InChI=1S/C13H15FN2O4S/c1-4-19-12-6-5-10(7-11(12)14)16-21(17,18)13-8(2)15-20-9(13)3/h5-7,16H,4H2,1-3H3. The van der Waals surface area contributed by atoms with E-state index in [0.717, 1.165) is 6.07 Å². The number of benzene rings is 1. The van der Waals surface area contributed by atoms with E-state index < -0.39 is 15.8 Å². The van der Waals surface area contributed by atoms with Crippen molar-refractivity contribution in [3.63, 3.8) is 0 Å². The minimum atomic E-state index is -3.89. The summed E-state index contributed by atoms with van der Waals surface area (Å²) in [4.78, 5) is -0.0446. The van der Waals surface area contributed by atoms with Crippen molar-refractivity contribution in [2.45, 2.75) is 25.7 Å². The fourth-order valence-corrected chi connectivity index (χ4v) is 3.28. The van der Waals surface area contributed by atoms with Crippen LogP contribution in [0.15, 0.2) is 27.6 Å². The molecule has 0 fully saturated rings. The molecule has 0 atom stereocenters. The van der Waals surface area contributed by atoms with E-state index >= 15 is 0 Å². The van der Waals surface area contributed by atoms with Gasteiger partial charge in [-0.25, -0.2) is 12.8 Å². The Morgan fingerprint density at radius 3 is 2.62 bits per heavy atom. The molecule has 6 nitrogen and oxygen atoms in total. The van der Waals surface area contributed by atoms with Gasteiger partial charge in [0.1, 0.15) is 5.69 Å². The van der Waals surface area contributed by atoms with Crippen molar-refractivity contribution >= 4 is 15.7 Å². The highest BCUT2D eigenvalue weighted by Gasteiger charge is 2.24. The molecule has 0 amide bonds. The first-order valence-electron chi connectivity index (χ1n) is 6.23. The number of nitrogens with zero attached hydrogens (tertiary/aromatic N) is 1. The normalized spacial score (nSPS) is 11.4. The van der Waals surface area contributed by atoms with E-state index in [1.807, 2.05) is 0 Å². The van der Waals surface area contributed by atoms with Crippen LogP contribution in [0.1, 0.15) is 18.4 Å². The largest absolute Gasteiger partial charge is 0.491 e. The monoisotopic (exact) mass is 314 g/mol. The van der Waals surface area contributed by atoms with Crippen LogP contribution >= 0.6 is 0 Å². The van der Waals surface area contributed by atoms with Gasteiger partial charge in [0, 0.05) is 6.07 Å². The van der Waals surface area contributed by atoms with Gasteiger partial charge in [-0.05, 0) is 32.9 Å². The first kappa shape index (κ1) is 15.3. The molecule has 1 N–H and O–H groups in total. The summed E-state index contributed by atoms with van der Waals surface area (Å²) in [5.41, 5.74) is 0.336. The smallest absolute Gasteiger partial charge is 0.267 e. The van der Waals surface area contributed by atoms with Crippen LogP contribution in [0.4, 0.5) is 10.1 Å². The van der Waals surface area contributed by atoms with E-state index in [2.05, 4.69) is 9.88 Å². The lowest BCUT2D eigenvalue weighted by molar-refractivity contribution is 0.321. The second-order valence-corrected chi connectivity index (χ2v) is 5.96. The van der Waals surface area contributed by atoms with E-state index in [9.17, 15) is 12.8 Å². The van der Waals surface area contributed by atoms with Gasteiger partial charge in [-0.1, -0.05) is 5.16 Å². The SMILES string of the molecule is CCOc1ccc(NS(=O)(=O)c2c(C)noc2C)cc1F. The van der Waals surface area contributed by atoms with Crippen LogP contribution in [0, 0.1) is 19.7 Å². The third kappa shape index (κ3) is 3.15. The van der Waals surface area contributed by atoms with Gasteiger partial charge in [0.15, 0.2) is 22.2 Å². The maximum absolute atomic E-state index is 13.7. The summed E-state index contributed by atoms with van der Waals surface area (Å²) >= 11 is 0. The summed E-state index contributed by atoms with van der Waals surface area (Å²) in [6.07, 6.45) is 0. The van der Waals surface area contributed by atoms with Crippen LogP contribution in [-0.4, -0.2) is 20.2 Å². The quantitative estimate of drug-likeness (QED) is 0.917. The number of anilines is 1. The van der Waals surface area contributed by atoms with Crippen LogP contribution in [-0.2, 0) is 10.0 Å². The molecule has 2 aromatic rings. The Kier molecular flexibility index (Phi) is 4.17. The van der Waals surface area contributed by atoms with Gasteiger partial charge in [-0.2, -0.15) is 0 Å². The number of ether oxygens (including phenoxy) is 1. The second kappa shape index (κ2) is 5.72. The fourth-order valence-electron chi connectivity index (χ4n) is 1.90. The molecule has 1 heterocycles. The first-order chi connectivity index (χ1) is 9.85. The number of aromatic nitrogens is 1. The zero-order chi connectivity index (χ0) is 15.6. The number of hydrogen-bond acceptors (Lipinski definition) is 5. The molecule has 0 unspecified atom stereocenters. The van der Waals surface area contributed by atoms with Gasteiger partial charge in [0.05, 0.1) is 12.3 Å². The third-order valence-electron chi connectivity index (χ3n) is 2.72. The van der Waals surface area contributed by atoms with Crippen LogP contribution in [0.2, 0.25) is 0 Å². The average Bonchev–Trinajstić information content (AvgIpc) is 2.73. The van der Waals surface area contributed by atoms with Crippen LogP contribution in [0.5, 0.6) is 5.75 Å². The first-order valence-corrected chi connectivity index (χ1v) is 7.71. The summed E-state index contributed by atoms with van der Waals surface area (Å²) in [7, 11) is -3.89. The molecule has 0 spiro atoms. The van der Waals surface area contributed by atoms with E-state index in [0.29, 0.717) is 6.61 Å². The van der Waals surface area contributed by atoms with Crippen molar-refractivity contribution in [3.05, 3.63) is 35.5 Å². The Hall–Kier alpha value is -2.09. The van der Waals surface area contributed by atoms with E-state index in [4.69, 9.17) is 9.26 Å². The van der Waals surface area contributed by atoms with E-state index in [1.165, 1.54) is 26.0 Å². The summed E-state index contributed by atoms with van der Waals surface area (Å²) in [6, 6.07) is 3.84. The Morgan fingerprint density at radius 2 is 2.10 bits per heavy atom. The summed E-state index contributed by atoms with van der Waals surface area (Å²) in [6.45, 7) is 5.06. The predicted octanol–water partition coefficient (Wildman–Crippen LogP) is 2.63. The lowest BCUT2D eigenvalue weighted by atomic mass is 10.3. The molecule has 0 radical (unpaired) electrons. The topological polar surface area (TPSA) is 81.4 Å². The maximum atomic E-state index is 13.7. The molecule has 0 saturated heterocycles. The number of rotatable bonds is 5. The molecule has 2 rings (SSSR count). The lowest BCUT2D eigenvalue weighted by Gasteiger charge is -2.09. The van der Waals surface area contributed by atoms with Gasteiger partial charge in [-0.3, -0.25) is 4.72 Å². The summed E-state index contributed by atoms with van der Waals surface area (Å²) in [5.74, 6) is -0.403. The fraction of sp³-hybridized carbons (Fsp3) is 0.308. The van der Waals surface area contributed by atoms with Crippen molar-refractivity contribution in [2.75, 3.05) is 11.3 Å². The minimum Gasteiger partial charge on any atom is -0.491 e. The van der Waals surface area contributed by atoms with Gasteiger partial charge < -0.3 is 9.26 Å². The van der Waals surface area contributed by atoms with Gasteiger partial charge in [-0.15, -0.1) is 0 Å². The summed E-state index contributed by atoms with van der Waals surface area (Å²) in [5, 5.41) is 3.59. The molecule has 1 aromatic heterocycles. The highest BCUT2D eigenvalue weighted by molar-refractivity contribution is 7.92. The number of halogens is 1. The third-order valence-corrected chi connectivity index (χ3v) is 4.35. The Morgan fingerprint density at radius 1 is 1.38 bits per heavy atom.